The number of amides is 2. The normalized spacial score (nSPS) is 19.8. The van der Waals surface area contributed by atoms with Crippen LogP contribution in [0.25, 0.3) is 0 Å². The van der Waals surface area contributed by atoms with Gasteiger partial charge in [-0.15, -0.1) is 11.8 Å². The van der Waals surface area contributed by atoms with Crippen molar-refractivity contribution in [3.05, 3.63) is 64.7 Å². The monoisotopic (exact) mass is 520 g/mol. The Hall–Kier alpha value is -2.84. The molecule has 3 aliphatic rings. The topological polar surface area (TPSA) is 83.6 Å². The average molecular weight is 521 g/mol. The molecule has 1 unspecified atom stereocenters. The maximum absolute atomic E-state index is 13.9. The summed E-state index contributed by atoms with van der Waals surface area (Å²) in [5.74, 6) is 0.659. The van der Waals surface area contributed by atoms with Crippen molar-refractivity contribution >= 4 is 35.1 Å². The summed E-state index contributed by atoms with van der Waals surface area (Å²) in [7, 11) is 0. The number of pyridine rings is 1. The third-order valence-electron chi connectivity index (χ3n) is 7.02. The Morgan fingerprint density at radius 3 is 2.65 bits per heavy atom. The fraction of sp³-hybridized carbons (Fsp3) is 0.483. The molecular weight excluding hydrogens is 484 g/mol. The number of unbranched alkanes of at least 4 members (excludes halogenated alkanes) is 1. The van der Waals surface area contributed by atoms with E-state index in [-0.39, 0.29) is 17.1 Å². The first-order valence-electron chi connectivity index (χ1n) is 13.5. The van der Waals surface area contributed by atoms with Gasteiger partial charge in [-0.1, -0.05) is 43.7 Å². The van der Waals surface area contributed by atoms with E-state index in [0.717, 1.165) is 80.1 Å². The largest absolute Gasteiger partial charge is 0.381 e. The van der Waals surface area contributed by atoms with Crippen molar-refractivity contribution in [3.8, 4) is 0 Å². The maximum atomic E-state index is 13.9. The maximum Gasteiger partial charge on any atom is 0.276 e. The third kappa shape index (κ3) is 6.54. The number of thioether (sulfide) groups is 1. The van der Waals surface area contributed by atoms with Gasteiger partial charge in [0.1, 0.15) is 11.5 Å². The fourth-order valence-electron chi connectivity index (χ4n) is 4.76. The minimum absolute atomic E-state index is 0.0319. The Morgan fingerprint density at radius 2 is 1.86 bits per heavy atom. The number of rotatable bonds is 10. The molecule has 0 bridgehead atoms. The van der Waals surface area contributed by atoms with E-state index in [2.05, 4.69) is 23.6 Å². The van der Waals surface area contributed by atoms with Crippen molar-refractivity contribution in [2.24, 2.45) is 0 Å². The molecule has 1 saturated heterocycles. The van der Waals surface area contributed by atoms with Gasteiger partial charge in [0.2, 0.25) is 0 Å². The third-order valence-corrected chi connectivity index (χ3v) is 8.36. The van der Waals surface area contributed by atoms with Gasteiger partial charge in [0, 0.05) is 42.8 Å². The van der Waals surface area contributed by atoms with Gasteiger partial charge in [-0.2, -0.15) is 0 Å². The molecule has 1 aliphatic carbocycles. The summed E-state index contributed by atoms with van der Waals surface area (Å²) in [6.45, 7) is 4.24. The first-order chi connectivity index (χ1) is 18.1. The van der Waals surface area contributed by atoms with Crippen LogP contribution in [0.1, 0.15) is 73.2 Å². The molecule has 2 N–H and O–H groups in total. The van der Waals surface area contributed by atoms with Crippen LogP contribution in [0.5, 0.6) is 0 Å². The van der Waals surface area contributed by atoms with Crippen LogP contribution in [-0.4, -0.2) is 48.6 Å². The van der Waals surface area contributed by atoms with E-state index in [1.54, 1.807) is 17.8 Å². The Labute approximate surface area is 223 Å². The van der Waals surface area contributed by atoms with E-state index in [1.807, 2.05) is 41.3 Å². The molecule has 37 heavy (non-hydrogen) atoms. The van der Waals surface area contributed by atoms with Crippen molar-refractivity contribution in [1.82, 2.24) is 10.3 Å². The van der Waals surface area contributed by atoms with Crippen molar-refractivity contribution in [2.75, 3.05) is 30.0 Å². The predicted molar refractivity (Wildman–Crippen MR) is 149 cm³/mol. The lowest BCUT2D eigenvalue weighted by atomic mass is 10.0. The highest BCUT2D eigenvalue weighted by molar-refractivity contribution is 8.04. The van der Waals surface area contributed by atoms with Gasteiger partial charge in [-0.05, 0) is 62.3 Å². The van der Waals surface area contributed by atoms with Crippen molar-refractivity contribution in [1.29, 1.82) is 0 Å². The lowest BCUT2D eigenvalue weighted by Crippen LogP contribution is -2.34. The van der Waals surface area contributed by atoms with Gasteiger partial charge in [-0.3, -0.25) is 9.59 Å². The number of benzene rings is 1. The Morgan fingerprint density at radius 1 is 1.05 bits per heavy atom. The van der Waals surface area contributed by atoms with Crippen LogP contribution in [0, 0.1) is 0 Å². The number of allylic oxidation sites excluding steroid dienone is 1. The second-order valence-electron chi connectivity index (χ2n) is 9.97. The van der Waals surface area contributed by atoms with Crippen molar-refractivity contribution in [3.63, 3.8) is 0 Å². The van der Waals surface area contributed by atoms with Crippen LogP contribution in [0.3, 0.4) is 0 Å². The van der Waals surface area contributed by atoms with Crippen LogP contribution in [0.15, 0.2) is 53.4 Å². The number of carbonyl (C=O) groups excluding carboxylic acids is 2. The molecule has 2 aliphatic heterocycles. The van der Waals surface area contributed by atoms with Crippen LogP contribution < -0.4 is 15.5 Å². The number of anilines is 2. The first-order valence-corrected chi connectivity index (χ1v) is 14.4. The van der Waals surface area contributed by atoms with Gasteiger partial charge in [0.25, 0.3) is 11.8 Å². The Kier molecular flexibility index (Phi) is 8.46. The Balaban J connectivity index is 1.35. The molecule has 8 heteroatoms. The summed E-state index contributed by atoms with van der Waals surface area (Å²) in [5.41, 5.74) is 2.42. The minimum Gasteiger partial charge on any atom is -0.381 e. The number of hydrogen-bond acceptors (Lipinski definition) is 6. The number of para-hydroxylation sites is 1. The molecule has 0 radical (unpaired) electrons. The van der Waals surface area contributed by atoms with E-state index < -0.39 is 0 Å². The minimum atomic E-state index is -0.0980. The predicted octanol–water partition coefficient (Wildman–Crippen LogP) is 5.46. The van der Waals surface area contributed by atoms with Crippen LogP contribution >= 0.6 is 11.8 Å². The molecule has 3 heterocycles. The standard InChI is InChI=1S/C29H36N4O3S/c1-2-3-17-33(29(35)23-8-6-10-27(32-23)30-21-15-18-36-19-16-21)24-9-5-4-7-22(24)25-13-14-26(37-25)28(34)31-20-11-12-20/h4-10,14,20-21,25H,2-3,11-13,15-19H2,1H3,(H,30,32)(H,31,34). The molecule has 7 nitrogen and oxygen atoms in total. The van der Waals surface area contributed by atoms with Gasteiger partial charge in [0.05, 0.1) is 4.91 Å². The quantitative estimate of drug-likeness (QED) is 0.433. The molecule has 1 atom stereocenters. The highest BCUT2D eigenvalue weighted by Crippen LogP contribution is 2.47. The second kappa shape index (κ2) is 12.1. The highest BCUT2D eigenvalue weighted by Gasteiger charge is 2.31. The van der Waals surface area contributed by atoms with E-state index >= 15 is 0 Å². The smallest absolute Gasteiger partial charge is 0.276 e. The molecular formula is C29H36N4O3S. The van der Waals surface area contributed by atoms with Crippen LogP contribution in [0.4, 0.5) is 11.5 Å². The molecule has 5 rings (SSSR count). The first kappa shape index (κ1) is 25.8. The SMILES string of the molecule is CCCCN(C(=O)c1cccc(NC2CCOCC2)n1)c1ccccc1C1CC=C(C(=O)NC2CC2)S1. The molecule has 2 aromatic rings. The van der Waals surface area contributed by atoms with E-state index in [9.17, 15) is 9.59 Å². The zero-order chi connectivity index (χ0) is 25.6. The summed E-state index contributed by atoms with van der Waals surface area (Å²) < 4.78 is 5.46. The number of carbonyl (C=O) groups is 2. The highest BCUT2D eigenvalue weighted by atomic mass is 32.2. The molecule has 2 fully saturated rings. The average Bonchev–Trinajstić information content (AvgIpc) is 3.60. The molecule has 2 amide bonds. The summed E-state index contributed by atoms with van der Waals surface area (Å²) in [6, 6.07) is 14.4. The molecule has 1 saturated carbocycles. The fourth-order valence-corrected chi connectivity index (χ4v) is 5.94. The van der Waals surface area contributed by atoms with Crippen LogP contribution in [-0.2, 0) is 9.53 Å². The number of aromatic nitrogens is 1. The zero-order valence-corrected chi connectivity index (χ0v) is 22.3. The van der Waals surface area contributed by atoms with Crippen LogP contribution in [0.2, 0.25) is 0 Å². The van der Waals surface area contributed by atoms with Crippen molar-refractivity contribution < 1.29 is 14.3 Å². The van der Waals surface area contributed by atoms with Gasteiger partial charge < -0.3 is 20.3 Å². The number of nitrogens with one attached hydrogen (secondary N) is 2. The van der Waals surface area contributed by atoms with Gasteiger partial charge >= 0.3 is 0 Å². The number of ether oxygens (including phenoxy) is 1. The molecule has 1 aromatic carbocycles. The van der Waals surface area contributed by atoms with Crippen molar-refractivity contribution in [2.45, 2.75) is 69.2 Å². The van der Waals surface area contributed by atoms with Gasteiger partial charge in [0.15, 0.2) is 0 Å². The summed E-state index contributed by atoms with van der Waals surface area (Å²) in [6.07, 6.45) is 8.70. The summed E-state index contributed by atoms with van der Waals surface area (Å²) >= 11 is 1.60. The lowest BCUT2D eigenvalue weighted by Gasteiger charge is -2.27. The van der Waals surface area contributed by atoms with E-state index in [1.165, 1.54) is 0 Å². The van der Waals surface area contributed by atoms with E-state index in [4.69, 9.17) is 9.72 Å². The number of nitrogens with zero attached hydrogens (tertiary/aromatic N) is 2. The molecule has 0 spiro atoms. The van der Waals surface area contributed by atoms with E-state index in [0.29, 0.717) is 24.3 Å². The number of hydrogen-bond donors (Lipinski definition) is 2. The second-order valence-corrected chi connectivity index (χ2v) is 11.2. The Bertz CT molecular complexity index is 1140. The lowest BCUT2D eigenvalue weighted by molar-refractivity contribution is -0.116. The molecule has 196 valence electrons. The summed E-state index contributed by atoms with van der Waals surface area (Å²) in [4.78, 5) is 33.9. The zero-order valence-electron chi connectivity index (χ0n) is 21.4. The summed E-state index contributed by atoms with van der Waals surface area (Å²) in [5, 5.41) is 6.67. The molecule has 1 aromatic heterocycles. The van der Waals surface area contributed by atoms with Gasteiger partial charge in [-0.25, -0.2) is 4.98 Å².